The summed E-state index contributed by atoms with van der Waals surface area (Å²) in [6.45, 7) is 20.6. The topological polar surface area (TPSA) is 121 Å². The van der Waals surface area contributed by atoms with Gasteiger partial charge in [-0.2, -0.15) is 0 Å². The molecule has 6 aliphatic rings. The fourth-order valence-electron chi connectivity index (χ4n) is 13.1. The average molecular weight is 682 g/mol. The number of carbonyl (C=O) groups is 4. The van der Waals surface area contributed by atoms with Crippen molar-refractivity contribution in [3.8, 4) is 0 Å². The predicted octanol–water partition coefficient (Wildman–Crippen LogP) is 7.36. The van der Waals surface area contributed by atoms with Gasteiger partial charge in [0, 0.05) is 24.9 Å². The van der Waals surface area contributed by atoms with Crippen molar-refractivity contribution in [2.75, 3.05) is 13.1 Å². The minimum absolute atomic E-state index is 0.0252. The molecule has 1 aliphatic heterocycles. The summed E-state index contributed by atoms with van der Waals surface area (Å²) in [6, 6.07) is 0. The number of piperidine rings is 1. The van der Waals surface area contributed by atoms with Crippen LogP contribution < -0.4 is 0 Å². The van der Waals surface area contributed by atoms with Crippen molar-refractivity contribution < 1.29 is 34.1 Å². The van der Waals surface area contributed by atoms with Gasteiger partial charge in [0.1, 0.15) is 6.10 Å². The second kappa shape index (κ2) is 11.9. The fourth-order valence-corrected chi connectivity index (χ4v) is 13.1. The number of amides is 1. The van der Waals surface area contributed by atoms with Gasteiger partial charge in [0.2, 0.25) is 5.91 Å². The number of rotatable bonds is 6. The number of aliphatic carboxylic acids is 1. The summed E-state index contributed by atoms with van der Waals surface area (Å²) in [5.74, 6) is -0.0411. The Hall–Kier alpha value is -2.22. The first kappa shape index (κ1) is 36.6. The Balaban J connectivity index is 1.30. The Labute approximate surface area is 294 Å². The second-order valence-corrected chi connectivity index (χ2v) is 19.5. The Morgan fingerprint density at radius 1 is 0.878 bits per heavy atom. The lowest BCUT2D eigenvalue weighted by Gasteiger charge is -2.72. The Kier molecular flexibility index (Phi) is 8.89. The summed E-state index contributed by atoms with van der Waals surface area (Å²) in [4.78, 5) is 55.3. The zero-order valence-electron chi connectivity index (χ0n) is 31.7. The van der Waals surface area contributed by atoms with E-state index in [0.717, 1.165) is 50.5 Å². The highest BCUT2D eigenvalue weighted by atomic mass is 16.5. The molecule has 274 valence electrons. The van der Waals surface area contributed by atoms with E-state index in [2.05, 4.69) is 48.5 Å². The number of likely N-dealkylation sites (tertiary alicyclic amines) is 1. The molecule has 1 amide bonds. The number of fused-ring (bicyclic) bond motifs is 7. The van der Waals surface area contributed by atoms with Crippen LogP contribution in [0.5, 0.6) is 0 Å². The van der Waals surface area contributed by atoms with Crippen molar-refractivity contribution in [1.29, 1.82) is 0 Å². The zero-order valence-corrected chi connectivity index (χ0v) is 31.7. The van der Waals surface area contributed by atoms with Gasteiger partial charge in [0.05, 0.1) is 23.4 Å². The maximum Gasteiger partial charge on any atom is 0.309 e. The Morgan fingerprint density at radius 3 is 2.14 bits per heavy atom. The smallest absolute Gasteiger partial charge is 0.309 e. The Morgan fingerprint density at radius 2 is 1.53 bits per heavy atom. The van der Waals surface area contributed by atoms with Crippen LogP contribution in [0.15, 0.2) is 11.1 Å². The molecule has 0 aromatic carbocycles. The summed E-state index contributed by atoms with van der Waals surface area (Å²) < 4.78 is 6.14. The van der Waals surface area contributed by atoms with Crippen molar-refractivity contribution in [3.05, 3.63) is 11.1 Å². The molecule has 49 heavy (non-hydrogen) atoms. The number of ether oxygens (including phenoxy) is 1. The molecule has 0 radical (unpaired) electrons. The summed E-state index contributed by atoms with van der Waals surface area (Å²) in [6.07, 6.45) is 8.26. The molecule has 2 N–H and O–H groups in total. The van der Waals surface area contributed by atoms with Crippen molar-refractivity contribution >= 4 is 23.6 Å². The average Bonchev–Trinajstić information content (AvgIpc) is 3.32. The van der Waals surface area contributed by atoms with Crippen molar-refractivity contribution in [2.45, 2.75) is 152 Å². The molecule has 8 atom stereocenters. The van der Waals surface area contributed by atoms with Crippen LogP contribution in [0.4, 0.5) is 0 Å². The van der Waals surface area contributed by atoms with E-state index < -0.39 is 22.8 Å². The van der Waals surface area contributed by atoms with Gasteiger partial charge in [-0.3, -0.25) is 19.2 Å². The number of carboxylic acid groups (broad SMARTS) is 1. The van der Waals surface area contributed by atoms with Crippen LogP contribution in [0, 0.1) is 56.2 Å². The molecule has 8 heteroatoms. The lowest BCUT2D eigenvalue weighted by atomic mass is 9.33. The molecule has 1 heterocycles. The van der Waals surface area contributed by atoms with E-state index in [4.69, 9.17) is 4.74 Å². The first-order valence-corrected chi connectivity index (χ1v) is 19.3. The van der Waals surface area contributed by atoms with Crippen LogP contribution in [0.2, 0.25) is 0 Å². The summed E-state index contributed by atoms with van der Waals surface area (Å²) >= 11 is 0. The summed E-state index contributed by atoms with van der Waals surface area (Å²) in [5.41, 5.74) is -0.0314. The second-order valence-electron chi connectivity index (χ2n) is 19.5. The van der Waals surface area contributed by atoms with E-state index in [1.165, 1.54) is 5.57 Å². The number of carboxylic acids is 1. The first-order valence-electron chi connectivity index (χ1n) is 19.3. The van der Waals surface area contributed by atoms with Gasteiger partial charge in [-0.05, 0) is 129 Å². The molecule has 0 aromatic rings. The number of ketones is 1. The molecule has 0 aromatic heterocycles. The third-order valence-electron chi connectivity index (χ3n) is 16.0. The third-order valence-corrected chi connectivity index (χ3v) is 16.0. The van der Waals surface area contributed by atoms with Crippen LogP contribution in [0.3, 0.4) is 0 Å². The predicted molar refractivity (Wildman–Crippen MR) is 187 cm³/mol. The highest BCUT2D eigenvalue weighted by molar-refractivity contribution is 6.07. The van der Waals surface area contributed by atoms with Gasteiger partial charge in [0.25, 0.3) is 0 Å². The molecule has 6 rings (SSSR count). The molecular weight excluding hydrogens is 618 g/mol. The Bertz CT molecular complexity index is 1440. The van der Waals surface area contributed by atoms with E-state index in [1.54, 1.807) is 13.8 Å². The molecule has 5 aliphatic carbocycles. The number of carbonyl (C=O) groups excluding carboxylic acids is 3. The van der Waals surface area contributed by atoms with Crippen molar-refractivity contribution in [3.63, 3.8) is 0 Å². The van der Waals surface area contributed by atoms with Crippen LogP contribution in [0.1, 0.15) is 139 Å². The first-order chi connectivity index (χ1) is 22.7. The van der Waals surface area contributed by atoms with Gasteiger partial charge in [-0.15, -0.1) is 0 Å². The standard InChI is InChI=1S/C41H63NO7/c1-24(2)32-27(44)22-41(34(46)42-20-14-25(43)15-21-42)19-18-39(8)26(33(32)41)10-11-29-38(7)16-13-30(49-31(45)23-36(3,4)35(47)48)37(5,6)28(38)12-17-40(29,39)9/h24-26,28-30,43H,10-23H2,1-9H3,(H,47,48)/t26-,28+,29-,30+,38+,39-,40-,41-/m1/s1. The molecule has 4 saturated carbocycles. The number of aliphatic hydroxyl groups is 1. The molecule has 0 bridgehead atoms. The lowest BCUT2D eigenvalue weighted by Crippen LogP contribution is -2.66. The summed E-state index contributed by atoms with van der Waals surface area (Å²) in [7, 11) is 0. The van der Waals surface area contributed by atoms with Gasteiger partial charge < -0.3 is 19.8 Å². The minimum Gasteiger partial charge on any atom is -0.481 e. The molecular formula is C41H63NO7. The third kappa shape index (κ3) is 5.29. The van der Waals surface area contributed by atoms with E-state index in [9.17, 15) is 29.4 Å². The molecule has 1 saturated heterocycles. The molecule has 5 fully saturated rings. The normalized spacial score (nSPS) is 40.7. The van der Waals surface area contributed by atoms with E-state index in [1.807, 2.05) is 4.90 Å². The van der Waals surface area contributed by atoms with E-state index in [-0.39, 0.29) is 63.8 Å². The van der Waals surface area contributed by atoms with Crippen LogP contribution in [-0.4, -0.2) is 64.0 Å². The largest absolute Gasteiger partial charge is 0.481 e. The number of hydrogen-bond acceptors (Lipinski definition) is 6. The lowest BCUT2D eigenvalue weighted by molar-refractivity contribution is -0.233. The number of esters is 1. The number of allylic oxidation sites excluding steroid dienone is 1. The van der Waals surface area contributed by atoms with Crippen LogP contribution in [0.25, 0.3) is 0 Å². The summed E-state index contributed by atoms with van der Waals surface area (Å²) in [5, 5.41) is 19.8. The van der Waals surface area contributed by atoms with Gasteiger partial charge in [-0.25, -0.2) is 0 Å². The number of hydrogen-bond donors (Lipinski definition) is 2. The maximum atomic E-state index is 14.6. The minimum atomic E-state index is -1.17. The van der Waals surface area contributed by atoms with Crippen LogP contribution in [-0.2, 0) is 23.9 Å². The number of aliphatic hydroxyl groups excluding tert-OH is 1. The quantitative estimate of drug-likeness (QED) is 0.281. The number of Topliss-reactive ketones (excluding diaryl/α,β-unsaturated/α-hetero) is 1. The van der Waals surface area contributed by atoms with Crippen molar-refractivity contribution in [1.82, 2.24) is 4.90 Å². The van der Waals surface area contributed by atoms with Crippen LogP contribution >= 0.6 is 0 Å². The van der Waals surface area contributed by atoms with E-state index in [0.29, 0.717) is 50.6 Å². The zero-order chi connectivity index (χ0) is 36.1. The number of nitrogens with zero attached hydrogens (tertiary/aromatic N) is 1. The highest BCUT2D eigenvalue weighted by Gasteiger charge is 2.71. The van der Waals surface area contributed by atoms with Crippen molar-refractivity contribution in [2.24, 2.45) is 56.2 Å². The van der Waals surface area contributed by atoms with E-state index >= 15 is 0 Å². The molecule has 0 unspecified atom stereocenters. The maximum absolute atomic E-state index is 14.6. The molecule has 8 nitrogen and oxygen atoms in total. The molecule has 0 spiro atoms. The monoisotopic (exact) mass is 681 g/mol. The SMILES string of the molecule is CC(C)C1=C2[C@H]3CC[C@@H]4[C@@]5(C)CC[C@H](OC(=O)CC(C)(C)C(=O)O)C(C)(C)[C@@H]5CC[C@@]4(C)[C@]3(C)CC[C@@]2(C(=O)N2CCC(O)CC2)CC1=O. The van der Waals surface area contributed by atoms with Gasteiger partial charge in [0.15, 0.2) is 5.78 Å². The van der Waals surface area contributed by atoms with Gasteiger partial charge in [-0.1, -0.05) is 48.5 Å². The highest BCUT2D eigenvalue weighted by Crippen LogP contribution is 2.77. The van der Waals surface area contributed by atoms with Gasteiger partial charge >= 0.3 is 11.9 Å². The fraction of sp³-hybridized carbons (Fsp3) is 0.854.